The van der Waals surface area contributed by atoms with Crippen LogP contribution in [0, 0.1) is 28.6 Å². The summed E-state index contributed by atoms with van der Waals surface area (Å²) >= 11 is 0. The van der Waals surface area contributed by atoms with E-state index in [4.69, 9.17) is 9.47 Å². The van der Waals surface area contributed by atoms with Crippen LogP contribution < -0.4 is 4.90 Å². The molecule has 1 spiro atoms. The number of hydrogen-bond donors (Lipinski definition) is 1. The Kier molecular flexibility index (Phi) is 3.83. The number of epoxide rings is 1. The summed E-state index contributed by atoms with van der Waals surface area (Å²) < 4.78 is 12.0. The van der Waals surface area contributed by atoms with Crippen molar-refractivity contribution in [2.45, 2.75) is 77.4 Å². The molecule has 0 radical (unpaired) electrons. The minimum atomic E-state index is 0.101. The molecule has 5 fully saturated rings. The van der Waals surface area contributed by atoms with Crippen LogP contribution in [0.5, 0.6) is 0 Å². The zero-order valence-electron chi connectivity index (χ0n) is 16.8. The molecular formula is C22H36NO3+. The Hall–Kier alpha value is -0.610. The largest absolute Gasteiger partial charge is 0.462 e. The number of hydrogen-bond acceptors (Lipinski definition) is 3. The van der Waals surface area contributed by atoms with Crippen LogP contribution in [0.4, 0.5) is 0 Å². The fourth-order valence-corrected chi connectivity index (χ4v) is 7.35. The summed E-state index contributed by atoms with van der Waals surface area (Å²) in [7, 11) is 0. The molecule has 1 N–H and O–H groups in total. The maximum absolute atomic E-state index is 12.8. The molecule has 3 aliphatic heterocycles. The molecule has 0 aromatic heterocycles. The van der Waals surface area contributed by atoms with E-state index in [2.05, 4.69) is 20.8 Å². The van der Waals surface area contributed by atoms with Crippen LogP contribution in [-0.4, -0.2) is 43.9 Å². The molecule has 3 saturated heterocycles. The average Bonchev–Trinajstić information content (AvgIpc) is 3.25. The summed E-state index contributed by atoms with van der Waals surface area (Å²) in [5.74, 6) is 1.28. The van der Waals surface area contributed by atoms with Gasteiger partial charge in [-0.05, 0) is 56.3 Å². The van der Waals surface area contributed by atoms with Crippen molar-refractivity contribution < 1.29 is 19.2 Å². The van der Waals surface area contributed by atoms with Crippen LogP contribution in [0.3, 0.4) is 0 Å². The predicted octanol–water partition coefficient (Wildman–Crippen LogP) is 2.22. The summed E-state index contributed by atoms with van der Waals surface area (Å²) in [4.78, 5) is 14.4. The molecule has 7 atom stereocenters. The van der Waals surface area contributed by atoms with E-state index in [1.54, 1.807) is 4.90 Å². The second-order valence-corrected chi connectivity index (χ2v) is 11.2. The predicted molar refractivity (Wildman–Crippen MR) is 98.8 cm³/mol. The first-order valence-electron chi connectivity index (χ1n) is 11.0. The van der Waals surface area contributed by atoms with Gasteiger partial charge in [-0.15, -0.1) is 0 Å². The summed E-state index contributed by atoms with van der Waals surface area (Å²) in [6.45, 7) is 11.6. The third-order valence-electron chi connectivity index (χ3n) is 8.70. The Bertz CT molecular complexity index is 598. The Balaban J connectivity index is 1.34. The molecule has 1 unspecified atom stereocenters. The summed E-state index contributed by atoms with van der Waals surface area (Å²) in [6.07, 6.45) is 8.77. The zero-order chi connectivity index (χ0) is 18.2. The Morgan fingerprint density at radius 2 is 1.96 bits per heavy atom. The summed E-state index contributed by atoms with van der Waals surface area (Å²) in [5.41, 5.74) is 0.884. The van der Waals surface area contributed by atoms with Gasteiger partial charge in [0, 0.05) is 11.3 Å². The van der Waals surface area contributed by atoms with E-state index in [1.807, 2.05) is 0 Å². The van der Waals surface area contributed by atoms with Crippen molar-refractivity contribution in [1.82, 2.24) is 0 Å². The lowest BCUT2D eigenvalue weighted by atomic mass is 9.53. The zero-order valence-corrected chi connectivity index (χ0v) is 16.8. The number of carbonyl (C=O) groups excluding carboxylic acids is 1. The Morgan fingerprint density at radius 3 is 2.69 bits per heavy atom. The fraction of sp³-hybridized carbons (Fsp3) is 0.955. The Morgan fingerprint density at radius 1 is 1.15 bits per heavy atom. The number of carbonyl (C=O) groups is 1. The normalized spacial score (nSPS) is 52.3. The van der Waals surface area contributed by atoms with E-state index in [1.165, 1.54) is 45.2 Å². The molecule has 2 aliphatic carbocycles. The highest BCUT2D eigenvalue weighted by Crippen LogP contribution is 2.62. The van der Waals surface area contributed by atoms with Crippen molar-refractivity contribution in [3.05, 3.63) is 0 Å². The van der Waals surface area contributed by atoms with Crippen molar-refractivity contribution in [1.29, 1.82) is 0 Å². The summed E-state index contributed by atoms with van der Waals surface area (Å²) in [6, 6.07) is 0. The molecule has 26 heavy (non-hydrogen) atoms. The van der Waals surface area contributed by atoms with Crippen LogP contribution in [-0.2, 0) is 14.3 Å². The van der Waals surface area contributed by atoms with Gasteiger partial charge in [-0.1, -0.05) is 20.8 Å². The average molecular weight is 363 g/mol. The number of rotatable bonds is 2. The monoisotopic (exact) mass is 362 g/mol. The quantitative estimate of drug-likeness (QED) is 0.605. The number of esters is 1. The SMILES string of the molecule is CC1(C)CCC[NH+](C[C@H]2C(=O)O[C@@H]3C[C@@]4(C)CCC[C@]5(CO5)[C@@H]4C[C@@H]32)C1. The molecule has 2 saturated carbocycles. The molecule has 5 aliphatic rings. The van der Waals surface area contributed by atoms with Crippen LogP contribution in [0.15, 0.2) is 0 Å². The maximum atomic E-state index is 12.8. The lowest BCUT2D eigenvalue weighted by Gasteiger charge is -2.51. The third kappa shape index (κ3) is 2.74. The van der Waals surface area contributed by atoms with E-state index >= 15 is 0 Å². The second kappa shape index (κ2) is 5.70. The van der Waals surface area contributed by atoms with Crippen molar-refractivity contribution in [3.8, 4) is 0 Å². The van der Waals surface area contributed by atoms with Crippen molar-refractivity contribution in [3.63, 3.8) is 0 Å². The number of fused-ring (bicyclic) bond motifs is 3. The number of quaternary nitrogens is 1. The number of piperidine rings is 1. The molecule has 0 bridgehead atoms. The molecule has 5 rings (SSSR count). The minimum Gasteiger partial charge on any atom is -0.462 e. The first kappa shape index (κ1) is 17.5. The van der Waals surface area contributed by atoms with E-state index in [9.17, 15) is 4.79 Å². The lowest BCUT2D eigenvalue weighted by Crippen LogP contribution is -3.15. The number of ether oxygens (including phenoxy) is 2. The van der Waals surface area contributed by atoms with Crippen molar-refractivity contribution in [2.24, 2.45) is 28.6 Å². The van der Waals surface area contributed by atoms with Gasteiger partial charge >= 0.3 is 5.97 Å². The highest BCUT2D eigenvalue weighted by molar-refractivity contribution is 5.75. The highest BCUT2D eigenvalue weighted by atomic mass is 16.6. The number of likely N-dealkylation sites (tertiary alicyclic amines) is 1. The van der Waals surface area contributed by atoms with E-state index in [0.717, 1.165) is 26.0 Å². The molecule has 4 heteroatoms. The molecule has 0 aromatic rings. The van der Waals surface area contributed by atoms with Crippen LogP contribution in [0.1, 0.15) is 65.7 Å². The molecule has 146 valence electrons. The molecule has 3 heterocycles. The molecule has 0 amide bonds. The Labute approximate surface area is 158 Å². The third-order valence-corrected chi connectivity index (χ3v) is 8.70. The number of nitrogens with one attached hydrogen (secondary N) is 1. The first-order chi connectivity index (χ1) is 12.3. The van der Waals surface area contributed by atoms with Crippen LogP contribution in [0.2, 0.25) is 0 Å². The van der Waals surface area contributed by atoms with Gasteiger partial charge < -0.3 is 14.4 Å². The van der Waals surface area contributed by atoms with Gasteiger partial charge in [0.1, 0.15) is 12.0 Å². The van der Waals surface area contributed by atoms with Gasteiger partial charge in [-0.3, -0.25) is 4.79 Å². The molecule has 0 aromatic carbocycles. The van der Waals surface area contributed by atoms with Crippen LogP contribution in [0.25, 0.3) is 0 Å². The minimum absolute atomic E-state index is 0.101. The van der Waals surface area contributed by atoms with E-state index in [-0.39, 0.29) is 23.6 Å². The first-order valence-corrected chi connectivity index (χ1v) is 11.0. The second-order valence-electron chi connectivity index (χ2n) is 11.2. The van der Waals surface area contributed by atoms with Crippen molar-refractivity contribution >= 4 is 5.97 Å². The topological polar surface area (TPSA) is 43.3 Å². The van der Waals surface area contributed by atoms with Crippen LogP contribution >= 0.6 is 0 Å². The maximum Gasteiger partial charge on any atom is 0.315 e. The lowest BCUT2D eigenvalue weighted by molar-refractivity contribution is -0.914. The van der Waals surface area contributed by atoms with Gasteiger partial charge in [0.15, 0.2) is 0 Å². The van der Waals surface area contributed by atoms with Gasteiger partial charge in [0.2, 0.25) is 0 Å². The molecular weight excluding hydrogens is 326 g/mol. The van der Waals surface area contributed by atoms with Gasteiger partial charge in [0.05, 0.1) is 31.8 Å². The summed E-state index contributed by atoms with van der Waals surface area (Å²) in [5, 5.41) is 0. The smallest absolute Gasteiger partial charge is 0.315 e. The van der Waals surface area contributed by atoms with Gasteiger partial charge in [-0.2, -0.15) is 0 Å². The standard InChI is InChI=1S/C22H35NO3/c1-20(2)6-5-9-23(13-20)12-16-15-10-18-21(3,11-17(15)26-19(16)24)7-4-8-22(18)14-25-22/h15-18H,4-14H2,1-3H3/p+1/t15-,16-,17-,18-,21-,22+/m1/s1. The van der Waals surface area contributed by atoms with E-state index < -0.39 is 0 Å². The molecule has 4 nitrogen and oxygen atoms in total. The highest BCUT2D eigenvalue weighted by Gasteiger charge is 2.65. The fourth-order valence-electron chi connectivity index (χ4n) is 7.35. The van der Waals surface area contributed by atoms with Gasteiger partial charge in [-0.25, -0.2) is 0 Å². The van der Waals surface area contributed by atoms with E-state index in [0.29, 0.717) is 22.7 Å². The van der Waals surface area contributed by atoms with Crippen molar-refractivity contribution in [2.75, 3.05) is 26.2 Å². The van der Waals surface area contributed by atoms with Gasteiger partial charge in [0.25, 0.3) is 0 Å².